The number of oxime groups is 1. The first kappa shape index (κ1) is 18.1. The molecule has 2 aromatic carbocycles. The van der Waals surface area contributed by atoms with Crippen molar-refractivity contribution >= 4 is 39.3 Å². The van der Waals surface area contributed by atoms with Crippen LogP contribution in [-0.2, 0) is 4.84 Å². The number of nitrogens with two attached hydrogens (primary N) is 1. The van der Waals surface area contributed by atoms with Crippen molar-refractivity contribution in [3.63, 3.8) is 0 Å². The van der Waals surface area contributed by atoms with Gasteiger partial charge < -0.3 is 20.0 Å². The second-order valence-corrected chi connectivity index (χ2v) is 5.87. The molecule has 0 spiro atoms. The molecular formula is C16H14BrClN2O4. The molecule has 0 fully saturated rings. The fourth-order valence-electron chi connectivity index (χ4n) is 1.84. The lowest BCUT2D eigenvalue weighted by Crippen LogP contribution is -2.15. The first-order valence-corrected chi connectivity index (χ1v) is 7.85. The third-order valence-electron chi connectivity index (χ3n) is 3.05. The van der Waals surface area contributed by atoms with Crippen LogP contribution in [0.3, 0.4) is 0 Å². The maximum Gasteiger partial charge on any atom is 0.367 e. The van der Waals surface area contributed by atoms with E-state index in [-0.39, 0.29) is 16.4 Å². The van der Waals surface area contributed by atoms with Gasteiger partial charge in [-0.3, -0.25) is 0 Å². The number of benzene rings is 2. The van der Waals surface area contributed by atoms with Gasteiger partial charge in [-0.05, 0) is 36.4 Å². The molecule has 0 amide bonds. The number of ether oxygens (including phenoxy) is 2. The van der Waals surface area contributed by atoms with Crippen molar-refractivity contribution in [2.24, 2.45) is 10.9 Å². The van der Waals surface area contributed by atoms with E-state index in [1.165, 1.54) is 20.3 Å². The summed E-state index contributed by atoms with van der Waals surface area (Å²) in [6, 6.07) is 9.78. The van der Waals surface area contributed by atoms with Crippen molar-refractivity contribution in [2.45, 2.75) is 0 Å². The van der Waals surface area contributed by atoms with Gasteiger partial charge >= 0.3 is 5.97 Å². The molecule has 0 bridgehead atoms. The second-order valence-electron chi connectivity index (χ2n) is 4.55. The molecule has 0 saturated heterocycles. The summed E-state index contributed by atoms with van der Waals surface area (Å²) in [6.45, 7) is 0. The summed E-state index contributed by atoms with van der Waals surface area (Å²) in [5, 5.41) is 3.90. The van der Waals surface area contributed by atoms with E-state index in [0.717, 1.165) is 0 Å². The minimum Gasteiger partial charge on any atom is -0.493 e. The fraction of sp³-hybridized carbons (Fsp3) is 0.125. The van der Waals surface area contributed by atoms with Crippen LogP contribution in [0.1, 0.15) is 15.9 Å². The van der Waals surface area contributed by atoms with Gasteiger partial charge in [-0.25, -0.2) is 4.79 Å². The van der Waals surface area contributed by atoms with Gasteiger partial charge in [-0.1, -0.05) is 32.7 Å². The van der Waals surface area contributed by atoms with Gasteiger partial charge in [0.05, 0.1) is 24.8 Å². The Morgan fingerprint density at radius 1 is 1.12 bits per heavy atom. The topological polar surface area (TPSA) is 83.1 Å². The Morgan fingerprint density at radius 2 is 1.83 bits per heavy atom. The van der Waals surface area contributed by atoms with Gasteiger partial charge in [0.25, 0.3) is 0 Å². The Morgan fingerprint density at radius 3 is 2.50 bits per heavy atom. The van der Waals surface area contributed by atoms with Gasteiger partial charge in [0.1, 0.15) is 0 Å². The van der Waals surface area contributed by atoms with Crippen LogP contribution >= 0.6 is 27.5 Å². The summed E-state index contributed by atoms with van der Waals surface area (Å²) in [7, 11) is 3.03. The predicted molar refractivity (Wildman–Crippen MR) is 94.8 cm³/mol. The highest BCUT2D eigenvalue weighted by Crippen LogP contribution is 2.27. The lowest BCUT2D eigenvalue weighted by Gasteiger charge is -2.09. The molecule has 24 heavy (non-hydrogen) atoms. The number of halogens is 2. The zero-order chi connectivity index (χ0) is 17.7. The molecule has 0 aliphatic heterocycles. The summed E-state index contributed by atoms with van der Waals surface area (Å²) in [5.74, 6) is 0.321. The van der Waals surface area contributed by atoms with Crippen molar-refractivity contribution in [1.29, 1.82) is 0 Å². The van der Waals surface area contributed by atoms with Crippen molar-refractivity contribution in [3.8, 4) is 11.5 Å². The number of rotatable bonds is 5. The standard InChI is InChI=1S/C16H14BrClN2O4/c1-22-13-6-3-9(7-14(13)23-2)15(19)20-24-16(21)11-8-10(17)4-5-12(11)18/h3-8H,1-2H3,(H2,19,20). The number of hydrogen-bond donors (Lipinski definition) is 1. The van der Waals surface area contributed by atoms with Crippen LogP contribution in [-0.4, -0.2) is 26.0 Å². The zero-order valence-electron chi connectivity index (χ0n) is 12.9. The minimum absolute atomic E-state index is 0.00965. The molecule has 0 aliphatic carbocycles. The van der Waals surface area contributed by atoms with E-state index in [4.69, 9.17) is 31.6 Å². The molecule has 126 valence electrons. The number of nitrogens with zero attached hydrogens (tertiary/aromatic N) is 1. The fourth-order valence-corrected chi connectivity index (χ4v) is 2.40. The molecule has 0 aromatic heterocycles. The van der Waals surface area contributed by atoms with Crippen LogP contribution in [0.4, 0.5) is 0 Å². The number of carbonyl (C=O) groups excluding carboxylic acids is 1. The molecule has 2 aromatic rings. The molecule has 0 unspecified atom stereocenters. The molecule has 0 saturated carbocycles. The molecule has 0 heterocycles. The number of amidine groups is 1. The Bertz CT molecular complexity index is 796. The van der Waals surface area contributed by atoms with Gasteiger partial charge in [-0.15, -0.1) is 0 Å². The van der Waals surface area contributed by atoms with Gasteiger partial charge in [0.15, 0.2) is 17.3 Å². The van der Waals surface area contributed by atoms with E-state index in [0.29, 0.717) is 21.5 Å². The first-order chi connectivity index (χ1) is 11.5. The van der Waals surface area contributed by atoms with Crippen LogP contribution < -0.4 is 15.2 Å². The molecule has 2 N–H and O–H groups in total. The van der Waals surface area contributed by atoms with E-state index < -0.39 is 5.97 Å². The molecule has 6 nitrogen and oxygen atoms in total. The van der Waals surface area contributed by atoms with Crippen molar-refractivity contribution in [2.75, 3.05) is 14.2 Å². The Hall–Kier alpha value is -2.25. The minimum atomic E-state index is -0.718. The van der Waals surface area contributed by atoms with E-state index in [1.54, 1.807) is 30.3 Å². The lowest BCUT2D eigenvalue weighted by atomic mass is 10.2. The third-order valence-corrected chi connectivity index (χ3v) is 3.88. The predicted octanol–water partition coefficient (Wildman–Crippen LogP) is 3.60. The molecule has 0 aliphatic rings. The Balaban J connectivity index is 2.19. The number of hydrogen-bond acceptors (Lipinski definition) is 5. The monoisotopic (exact) mass is 412 g/mol. The summed E-state index contributed by atoms with van der Waals surface area (Å²) in [6.07, 6.45) is 0. The summed E-state index contributed by atoms with van der Waals surface area (Å²) in [5.41, 5.74) is 6.53. The van der Waals surface area contributed by atoms with Crippen LogP contribution in [0.2, 0.25) is 5.02 Å². The Kier molecular flexibility index (Phi) is 6.05. The van der Waals surface area contributed by atoms with Crippen molar-refractivity contribution < 1.29 is 19.1 Å². The van der Waals surface area contributed by atoms with Crippen LogP contribution in [0.25, 0.3) is 0 Å². The quantitative estimate of drug-likeness (QED) is 0.350. The molecule has 8 heteroatoms. The number of methoxy groups -OCH3 is 2. The smallest absolute Gasteiger partial charge is 0.367 e. The highest BCUT2D eigenvalue weighted by atomic mass is 79.9. The van der Waals surface area contributed by atoms with Crippen molar-refractivity contribution in [3.05, 3.63) is 57.0 Å². The largest absolute Gasteiger partial charge is 0.493 e. The average molecular weight is 414 g/mol. The molecule has 0 atom stereocenters. The number of carbonyl (C=O) groups is 1. The SMILES string of the molecule is COc1ccc(C(N)=NOC(=O)c2cc(Br)ccc2Cl)cc1OC. The van der Waals surface area contributed by atoms with Crippen LogP contribution in [0.5, 0.6) is 11.5 Å². The normalized spacial score (nSPS) is 11.1. The van der Waals surface area contributed by atoms with Gasteiger partial charge in [-0.2, -0.15) is 0 Å². The molecule has 0 radical (unpaired) electrons. The first-order valence-electron chi connectivity index (χ1n) is 6.68. The average Bonchev–Trinajstić information content (AvgIpc) is 2.60. The zero-order valence-corrected chi connectivity index (χ0v) is 15.2. The lowest BCUT2D eigenvalue weighted by molar-refractivity contribution is 0.0516. The summed E-state index contributed by atoms with van der Waals surface area (Å²) < 4.78 is 11.0. The van der Waals surface area contributed by atoms with Gasteiger partial charge in [0.2, 0.25) is 0 Å². The maximum atomic E-state index is 12.0. The summed E-state index contributed by atoms with van der Waals surface area (Å²) in [4.78, 5) is 16.9. The van der Waals surface area contributed by atoms with Gasteiger partial charge in [0, 0.05) is 10.0 Å². The van der Waals surface area contributed by atoms with Crippen LogP contribution in [0, 0.1) is 0 Å². The van der Waals surface area contributed by atoms with Crippen LogP contribution in [0.15, 0.2) is 46.0 Å². The van der Waals surface area contributed by atoms with Crippen molar-refractivity contribution in [1.82, 2.24) is 0 Å². The Labute approximate surface area is 152 Å². The third kappa shape index (κ3) is 4.18. The highest BCUT2D eigenvalue weighted by Gasteiger charge is 2.14. The second kappa shape index (κ2) is 8.03. The molecular weight excluding hydrogens is 400 g/mol. The van der Waals surface area contributed by atoms with E-state index in [9.17, 15) is 4.79 Å². The highest BCUT2D eigenvalue weighted by molar-refractivity contribution is 9.10. The maximum absolute atomic E-state index is 12.0. The van der Waals surface area contributed by atoms with E-state index >= 15 is 0 Å². The van der Waals surface area contributed by atoms with E-state index in [2.05, 4.69) is 21.1 Å². The summed E-state index contributed by atoms with van der Waals surface area (Å²) >= 11 is 9.22. The van der Waals surface area contributed by atoms with E-state index in [1.807, 2.05) is 0 Å². The molecule has 2 rings (SSSR count).